The van der Waals surface area contributed by atoms with Gasteiger partial charge >= 0.3 is 59.1 Å². The molecule has 0 spiro atoms. The summed E-state index contributed by atoms with van der Waals surface area (Å²) in [6, 6.07) is 0. The number of ether oxygens (including phenoxy) is 1. The minimum Gasteiger partial charge on any atom is -0.790 e. The fraction of sp³-hybridized carbons (Fsp3) is 0.500. The standard InChI is InChI=1S/C10H14N5O7P.2Na/c11-8-5-9(13-2-12-8)15(3-14-5)10-7(17)6(16)4(22-10)1-21-23(18,19)20;;/h2-4,6-7,10,16-17H,1H2,(H2,11,12,13)(H2,18,19,20);;/q;2*+1/p-2/t4-,6+,7+,10-;;/m1../s1. The Morgan fingerprint density at radius 3 is 2.60 bits per heavy atom. The Kier molecular flexibility index (Phi) is 8.44. The van der Waals surface area contributed by atoms with Gasteiger partial charge in [0.05, 0.1) is 20.8 Å². The number of imidazole rings is 1. The SMILES string of the molecule is Nc1ncnc2c1ncn2[C@@H]1O[C@H](COP(=O)([O-])[O-])[C@H](O)[C@@H]1O.[Na+].[Na+]. The summed E-state index contributed by atoms with van der Waals surface area (Å²) in [6.45, 7) is -0.719. The molecule has 3 heterocycles. The van der Waals surface area contributed by atoms with Crippen molar-refractivity contribution in [3.05, 3.63) is 12.7 Å². The van der Waals surface area contributed by atoms with Crippen LogP contribution >= 0.6 is 7.82 Å². The van der Waals surface area contributed by atoms with Crippen LogP contribution in [-0.2, 0) is 13.8 Å². The molecule has 15 heteroatoms. The normalized spacial score (nSPS) is 26.2. The summed E-state index contributed by atoms with van der Waals surface area (Å²) in [5.74, 6) is 0.125. The van der Waals surface area contributed by atoms with E-state index in [4.69, 9.17) is 10.5 Å². The van der Waals surface area contributed by atoms with E-state index in [0.717, 1.165) is 0 Å². The van der Waals surface area contributed by atoms with Crippen molar-refractivity contribution in [1.29, 1.82) is 0 Å². The number of aliphatic hydroxyl groups excluding tert-OH is 2. The largest absolute Gasteiger partial charge is 1.00 e. The van der Waals surface area contributed by atoms with Crippen LogP contribution in [0.15, 0.2) is 12.7 Å². The number of fused-ring (bicyclic) bond motifs is 1. The van der Waals surface area contributed by atoms with Crippen LogP contribution in [0.4, 0.5) is 5.82 Å². The van der Waals surface area contributed by atoms with Crippen LogP contribution < -0.4 is 74.6 Å². The van der Waals surface area contributed by atoms with E-state index in [1.54, 1.807) is 0 Å². The van der Waals surface area contributed by atoms with E-state index in [0.29, 0.717) is 0 Å². The zero-order chi connectivity index (χ0) is 16.8. The smallest absolute Gasteiger partial charge is 0.790 e. The molecule has 0 radical (unpaired) electrons. The predicted molar refractivity (Wildman–Crippen MR) is 69.2 cm³/mol. The summed E-state index contributed by atoms with van der Waals surface area (Å²) in [5, 5.41) is 20.0. The number of nitrogens with zero attached hydrogens (tertiary/aromatic N) is 4. The Balaban J connectivity index is 0.00000156. The number of hydrogen-bond donors (Lipinski definition) is 3. The van der Waals surface area contributed by atoms with E-state index in [-0.39, 0.29) is 76.1 Å². The number of anilines is 1. The summed E-state index contributed by atoms with van der Waals surface area (Å²) in [4.78, 5) is 32.8. The van der Waals surface area contributed by atoms with Gasteiger partial charge in [-0.3, -0.25) is 4.57 Å². The molecule has 0 amide bonds. The minimum atomic E-state index is -5.22. The average molecular weight is 391 g/mol. The minimum absolute atomic E-state index is 0. The second kappa shape index (κ2) is 9.02. The van der Waals surface area contributed by atoms with Gasteiger partial charge in [0.15, 0.2) is 17.7 Å². The molecule has 126 valence electrons. The second-order valence-corrected chi connectivity index (χ2v) is 6.02. The maximum absolute atomic E-state index is 10.5. The van der Waals surface area contributed by atoms with Gasteiger partial charge < -0.3 is 39.6 Å². The molecule has 25 heavy (non-hydrogen) atoms. The van der Waals surface area contributed by atoms with Crippen LogP contribution in [0.5, 0.6) is 0 Å². The summed E-state index contributed by atoms with van der Waals surface area (Å²) in [6.07, 6.45) is -2.75. The van der Waals surface area contributed by atoms with Crippen molar-refractivity contribution in [3.8, 4) is 0 Å². The summed E-state index contributed by atoms with van der Waals surface area (Å²) < 4.78 is 21.3. The summed E-state index contributed by atoms with van der Waals surface area (Å²) >= 11 is 0. The van der Waals surface area contributed by atoms with E-state index >= 15 is 0 Å². The van der Waals surface area contributed by atoms with Crippen molar-refractivity contribution in [1.82, 2.24) is 19.5 Å². The monoisotopic (exact) mass is 391 g/mol. The van der Waals surface area contributed by atoms with Gasteiger partial charge in [-0.2, -0.15) is 0 Å². The molecule has 0 saturated carbocycles. The molecule has 0 aromatic carbocycles. The van der Waals surface area contributed by atoms with Crippen molar-refractivity contribution in [2.75, 3.05) is 12.3 Å². The number of rotatable bonds is 4. The number of nitrogen functional groups attached to an aromatic ring is 1. The number of phosphoric ester groups is 1. The van der Waals surface area contributed by atoms with E-state index < -0.39 is 39.0 Å². The van der Waals surface area contributed by atoms with Crippen LogP contribution in [0.1, 0.15) is 6.23 Å². The first-order chi connectivity index (χ1) is 10.8. The van der Waals surface area contributed by atoms with Gasteiger partial charge in [0.1, 0.15) is 30.2 Å². The fourth-order valence-electron chi connectivity index (χ4n) is 2.32. The first-order valence-corrected chi connectivity index (χ1v) is 7.85. The zero-order valence-corrected chi connectivity index (χ0v) is 18.3. The van der Waals surface area contributed by atoms with Crippen molar-refractivity contribution < 1.29 is 92.9 Å². The third kappa shape index (κ3) is 4.99. The van der Waals surface area contributed by atoms with E-state index in [1.807, 2.05) is 0 Å². The molecule has 0 unspecified atom stereocenters. The zero-order valence-electron chi connectivity index (χ0n) is 13.4. The number of nitrogens with two attached hydrogens (primary N) is 1. The maximum Gasteiger partial charge on any atom is 1.00 e. The Hall–Kier alpha value is 0.340. The number of aliphatic hydroxyl groups is 2. The Labute approximate surface area is 185 Å². The van der Waals surface area contributed by atoms with Gasteiger partial charge in [0.2, 0.25) is 0 Å². The Morgan fingerprint density at radius 2 is 1.96 bits per heavy atom. The van der Waals surface area contributed by atoms with Crippen LogP contribution in [0.2, 0.25) is 0 Å². The van der Waals surface area contributed by atoms with Gasteiger partial charge in [-0.1, -0.05) is 0 Å². The van der Waals surface area contributed by atoms with Crippen LogP contribution in [0, 0.1) is 0 Å². The second-order valence-electron chi connectivity index (χ2n) is 4.87. The van der Waals surface area contributed by atoms with E-state index in [2.05, 4.69) is 19.5 Å². The van der Waals surface area contributed by atoms with Gasteiger partial charge in [-0.15, -0.1) is 0 Å². The number of phosphoric acid groups is 1. The molecular weight excluding hydrogens is 379 g/mol. The first kappa shape index (κ1) is 23.4. The molecule has 2 aromatic heterocycles. The number of aromatic nitrogens is 4. The van der Waals surface area contributed by atoms with Crippen LogP contribution in [-0.4, -0.2) is 54.7 Å². The first-order valence-electron chi connectivity index (χ1n) is 6.39. The van der Waals surface area contributed by atoms with Crippen LogP contribution in [0.25, 0.3) is 11.2 Å². The molecule has 4 atom stereocenters. The molecule has 4 N–H and O–H groups in total. The molecule has 0 bridgehead atoms. The number of hydrogen-bond acceptors (Lipinski definition) is 11. The Bertz CT molecular complexity index is 773. The molecule has 3 rings (SSSR count). The van der Waals surface area contributed by atoms with Crippen molar-refractivity contribution in [2.24, 2.45) is 0 Å². The average Bonchev–Trinajstić information content (AvgIpc) is 3.01. The summed E-state index contributed by atoms with van der Waals surface area (Å²) in [7, 11) is -5.22. The third-order valence-corrected chi connectivity index (χ3v) is 3.86. The van der Waals surface area contributed by atoms with Crippen molar-refractivity contribution in [2.45, 2.75) is 24.5 Å². The molecule has 1 aliphatic heterocycles. The maximum atomic E-state index is 10.5. The predicted octanol–water partition coefficient (Wildman–Crippen LogP) is -9.12. The van der Waals surface area contributed by atoms with Crippen LogP contribution in [0.3, 0.4) is 0 Å². The van der Waals surface area contributed by atoms with Gasteiger partial charge in [-0.05, 0) is 0 Å². The molecule has 2 aromatic rings. The van der Waals surface area contributed by atoms with Crippen molar-refractivity contribution >= 4 is 24.8 Å². The topological polar surface area (TPSA) is 192 Å². The molecule has 1 aliphatic rings. The van der Waals surface area contributed by atoms with Gasteiger partial charge in [0, 0.05) is 0 Å². The molecule has 1 fully saturated rings. The van der Waals surface area contributed by atoms with Gasteiger partial charge in [0.25, 0.3) is 0 Å². The molecule has 12 nitrogen and oxygen atoms in total. The molecular formula is C10H12N5Na2O7P. The van der Waals surface area contributed by atoms with Crippen molar-refractivity contribution in [3.63, 3.8) is 0 Å². The molecule has 0 aliphatic carbocycles. The quantitative estimate of drug-likeness (QED) is 0.331. The van der Waals surface area contributed by atoms with E-state index in [1.165, 1.54) is 17.2 Å². The van der Waals surface area contributed by atoms with Gasteiger partial charge in [-0.25, -0.2) is 15.0 Å². The third-order valence-electron chi connectivity index (χ3n) is 3.40. The van der Waals surface area contributed by atoms with E-state index in [9.17, 15) is 24.6 Å². The summed E-state index contributed by atoms with van der Waals surface area (Å²) in [5.41, 5.74) is 6.19. The fourth-order valence-corrected chi connectivity index (χ4v) is 2.65. The molecule has 1 saturated heterocycles. The Morgan fingerprint density at radius 1 is 1.28 bits per heavy atom.